The predicted molar refractivity (Wildman–Crippen MR) is 117 cm³/mol. The fourth-order valence-corrected chi connectivity index (χ4v) is 3.94. The van der Waals surface area contributed by atoms with Gasteiger partial charge in [-0.15, -0.1) is 0 Å². The van der Waals surface area contributed by atoms with Crippen LogP contribution in [-0.2, 0) is 17.9 Å². The molecule has 1 aliphatic heterocycles. The molecular formula is C23H20BrF3N2O3. The number of nitrogens with zero attached hydrogens (tertiary/aromatic N) is 2. The number of hydroxylamine groups is 1. The van der Waals surface area contributed by atoms with E-state index >= 15 is 0 Å². The molecule has 3 aromatic rings. The Balaban J connectivity index is 1.44. The average molecular weight is 509 g/mol. The van der Waals surface area contributed by atoms with E-state index in [9.17, 15) is 13.2 Å². The van der Waals surface area contributed by atoms with Gasteiger partial charge in [0.1, 0.15) is 30.6 Å². The lowest BCUT2D eigenvalue weighted by molar-refractivity contribution is -0.174. The van der Waals surface area contributed by atoms with Crippen LogP contribution < -0.4 is 14.5 Å². The highest BCUT2D eigenvalue weighted by atomic mass is 79.9. The van der Waals surface area contributed by atoms with Crippen molar-refractivity contribution in [3.05, 3.63) is 87.6 Å². The number of rotatable bonds is 8. The van der Waals surface area contributed by atoms with Crippen LogP contribution in [0.2, 0.25) is 0 Å². The van der Waals surface area contributed by atoms with E-state index in [0.717, 1.165) is 34.7 Å². The van der Waals surface area contributed by atoms with Crippen LogP contribution in [-0.4, -0.2) is 25.5 Å². The normalized spacial score (nSPS) is 13.3. The molecule has 32 heavy (non-hydrogen) atoms. The van der Waals surface area contributed by atoms with Crippen LogP contribution in [0.15, 0.2) is 59.1 Å². The topological polar surface area (TPSA) is 34.2 Å². The first-order valence-electron chi connectivity index (χ1n) is 9.81. The number of hydrogen-bond acceptors (Lipinski definition) is 5. The van der Waals surface area contributed by atoms with Crippen molar-refractivity contribution in [2.24, 2.45) is 0 Å². The summed E-state index contributed by atoms with van der Waals surface area (Å²) in [7, 11) is 1.60. The molecule has 1 aliphatic rings. The average Bonchev–Trinajstić information content (AvgIpc) is 3.10. The molecule has 0 fully saturated rings. The van der Waals surface area contributed by atoms with Crippen LogP contribution in [0.4, 0.5) is 18.9 Å². The van der Waals surface area contributed by atoms with E-state index in [2.05, 4.69) is 15.9 Å². The van der Waals surface area contributed by atoms with E-state index in [1.54, 1.807) is 24.4 Å². The fraction of sp³-hybridized carbons (Fsp3) is 0.217. The Morgan fingerprint density at radius 2 is 1.72 bits per heavy atom. The summed E-state index contributed by atoms with van der Waals surface area (Å²) in [5, 5.41) is 3.60. The van der Waals surface area contributed by atoms with Crippen molar-refractivity contribution in [3.63, 3.8) is 0 Å². The first-order chi connectivity index (χ1) is 15.4. The summed E-state index contributed by atoms with van der Waals surface area (Å²) in [4.78, 5) is 5.90. The van der Waals surface area contributed by atoms with Crippen LogP contribution in [0, 0.1) is 17.5 Å². The van der Waals surface area contributed by atoms with Gasteiger partial charge in [-0.3, -0.25) is 9.85 Å². The summed E-state index contributed by atoms with van der Waals surface area (Å²) in [6, 6.07) is 13.9. The Morgan fingerprint density at radius 1 is 0.938 bits per heavy atom. The molecule has 0 radical (unpaired) electrons. The van der Waals surface area contributed by atoms with Gasteiger partial charge in [-0.05, 0) is 63.5 Å². The molecule has 0 saturated carbocycles. The van der Waals surface area contributed by atoms with Crippen LogP contribution in [0.5, 0.6) is 11.5 Å². The summed E-state index contributed by atoms with van der Waals surface area (Å²) in [6.07, 6.45) is 0. The number of methoxy groups -OCH3 is 1. The Morgan fingerprint density at radius 3 is 2.44 bits per heavy atom. The van der Waals surface area contributed by atoms with Gasteiger partial charge in [0.15, 0.2) is 11.6 Å². The highest BCUT2D eigenvalue weighted by Crippen LogP contribution is 2.35. The maximum atomic E-state index is 13.9. The van der Waals surface area contributed by atoms with Crippen molar-refractivity contribution < 1.29 is 27.5 Å². The van der Waals surface area contributed by atoms with E-state index in [0.29, 0.717) is 13.1 Å². The van der Waals surface area contributed by atoms with Crippen molar-refractivity contribution in [2.45, 2.75) is 13.1 Å². The third kappa shape index (κ3) is 5.01. The van der Waals surface area contributed by atoms with Crippen molar-refractivity contribution in [2.75, 3.05) is 25.3 Å². The fourth-order valence-electron chi connectivity index (χ4n) is 3.41. The molecule has 0 amide bonds. The molecule has 168 valence electrons. The van der Waals surface area contributed by atoms with Gasteiger partial charge in [0.2, 0.25) is 0 Å². The molecule has 0 unspecified atom stereocenters. The first-order valence-corrected chi connectivity index (χ1v) is 10.6. The lowest BCUT2D eigenvalue weighted by Crippen LogP contribution is -2.38. The Labute approximate surface area is 192 Å². The monoisotopic (exact) mass is 508 g/mol. The van der Waals surface area contributed by atoms with E-state index in [-0.39, 0.29) is 29.3 Å². The molecule has 1 heterocycles. The summed E-state index contributed by atoms with van der Waals surface area (Å²) in [6.45, 7) is 1.08. The zero-order chi connectivity index (χ0) is 22.7. The molecule has 4 rings (SSSR count). The highest BCUT2D eigenvalue weighted by Gasteiger charge is 2.29. The minimum atomic E-state index is -0.796. The van der Waals surface area contributed by atoms with E-state index in [1.807, 2.05) is 23.2 Å². The number of halogens is 4. The molecule has 0 aliphatic carbocycles. The summed E-state index contributed by atoms with van der Waals surface area (Å²) >= 11 is 3.10. The lowest BCUT2D eigenvalue weighted by atomic mass is 10.1. The van der Waals surface area contributed by atoms with E-state index in [4.69, 9.17) is 14.3 Å². The van der Waals surface area contributed by atoms with Gasteiger partial charge in [-0.25, -0.2) is 13.2 Å². The third-order valence-electron chi connectivity index (χ3n) is 4.92. The van der Waals surface area contributed by atoms with Gasteiger partial charge in [0, 0.05) is 6.07 Å². The van der Waals surface area contributed by atoms with Crippen molar-refractivity contribution in [3.8, 4) is 11.5 Å². The zero-order valence-electron chi connectivity index (χ0n) is 17.2. The maximum Gasteiger partial charge on any atom is 0.169 e. The van der Waals surface area contributed by atoms with Crippen LogP contribution in [0.1, 0.15) is 11.1 Å². The number of benzene rings is 3. The smallest absolute Gasteiger partial charge is 0.169 e. The molecular weight excluding hydrogens is 489 g/mol. The second-order valence-electron chi connectivity index (χ2n) is 7.07. The summed E-state index contributed by atoms with van der Waals surface area (Å²) < 4.78 is 51.4. The van der Waals surface area contributed by atoms with Gasteiger partial charge in [0.25, 0.3) is 0 Å². The quantitative estimate of drug-likeness (QED) is 0.368. The van der Waals surface area contributed by atoms with Gasteiger partial charge < -0.3 is 9.47 Å². The van der Waals surface area contributed by atoms with E-state index in [1.165, 1.54) is 12.1 Å². The van der Waals surface area contributed by atoms with Gasteiger partial charge in [-0.2, -0.15) is 0 Å². The molecule has 0 aromatic heterocycles. The van der Waals surface area contributed by atoms with Crippen LogP contribution >= 0.6 is 15.9 Å². The predicted octanol–water partition coefficient (Wildman–Crippen LogP) is 5.62. The summed E-state index contributed by atoms with van der Waals surface area (Å²) in [5.74, 6) is -1.14. The van der Waals surface area contributed by atoms with Crippen molar-refractivity contribution >= 4 is 21.6 Å². The van der Waals surface area contributed by atoms with Crippen molar-refractivity contribution in [1.29, 1.82) is 0 Å². The first kappa shape index (κ1) is 22.4. The molecule has 0 N–H and O–H groups in total. The minimum Gasteiger partial charge on any atom is -0.497 e. The molecule has 0 bridgehead atoms. The highest BCUT2D eigenvalue weighted by molar-refractivity contribution is 9.10. The maximum absolute atomic E-state index is 13.9. The molecule has 0 spiro atoms. The number of hydrazine groups is 1. The second-order valence-corrected chi connectivity index (χ2v) is 7.92. The molecule has 5 nitrogen and oxygen atoms in total. The Hall–Kier alpha value is -2.75. The third-order valence-corrected chi connectivity index (χ3v) is 5.51. The van der Waals surface area contributed by atoms with Crippen molar-refractivity contribution in [1.82, 2.24) is 5.17 Å². The number of fused-ring (bicyclic) bond motifs is 1. The SMILES string of the molecule is COc1ccc2c(c1)CN(OCCOc1c(F)cc(F)cc1Br)N2Cc1ccc(F)cc1. The Kier molecular flexibility index (Phi) is 6.88. The number of ether oxygens (including phenoxy) is 2. The minimum absolute atomic E-state index is 0.0434. The molecule has 9 heteroatoms. The summed E-state index contributed by atoms with van der Waals surface area (Å²) in [5.41, 5.74) is 2.83. The lowest BCUT2D eigenvalue weighted by Gasteiger charge is -2.29. The van der Waals surface area contributed by atoms with Gasteiger partial charge in [0.05, 0.1) is 30.4 Å². The standard InChI is InChI=1S/C23H20BrF3N2O3/c1-30-19-6-7-22-16(10-19)14-29(28(22)13-15-2-4-17(25)5-3-15)32-9-8-31-23-20(24)11-18(26)12-21(23)27/h2-7,10-12H,8-9,13-14H2,1H3. The zero-order valence-corrected chi connectivity index (χ0v) is 18.7. The molecule has 3 aromatic carbocycles. The number of hydrogen-bond donors (Lipinski definition) is 0. The van der Waals surface area contributed by atoms with Gasteiger partial charge in [-0.1, -0.05) is 17.3 Å². The largest absolute Gasteiger partial charge is 0.497 e. The second kappa shape index (κ2) is 9.81. The molecule has 0 atom stereocenters. The number of anilines is 1. The van der Waals surface area contributed by atoms with Crippen LogP contribution in [0.3, 0.4) is 0 Å². The van der Waals surface area contributed by atoms with Gasteiger partial charge >= 0.3 is 0 Å². The Bertz CT molecular complexity index is 1080. The van der Waals surface area contributed by atoms with E-state index < -0.39 is 11.6 Å². The molecule has 0 saturated heterocycles. The van der Waals surface area contributed by atoms with Crippen LogP contribution in [0.25, 0.3) is 0 Å².